The van der Waals surface area contributed by atoms with Crippen molar-refractivity contribution >= 4 is 45.0 Å². The Hall–Kier alpha value is -3.40. The van der Waals surface area contributed by atoms with Gasteiger partial charge in [0.15, 0.2) is 0 Å². The lowest BCUT2D eigenvalue weighted by atomic mass is 10.0. The molecule has 0 fully saturated rings. The van der Waals surface area contributed by atoms with Crippen molar-refractivity contribution in [3.8, 4) is 5.75 Å². The van der Waals surface area contributed by atoms with Crippen molar-refractivity contribution in [3.05, 3.63) is 89.2 Å². The summed E-state index contributed by atoms with van der Waals surface area (Å²) in [6.07, 6.45) is 3.15. The first kappa shape index (κ1) is 21.8. The highest BCUT2D eigenvalue weighted by Gasteiger charge is 2.41. The predicted octanol–water partition coefficient (Wildman–Crippen LogP) is 3.98. The Balaban J connectivity index is 1.73. The van der Waals surface area contributed by atoms with E-state index in [2.05, 4.69) is 10.6 Å². The second-order valence-electron chi connectivity index (χ2n) is 6.96. The molecular weight excluding hydrogens is 457 g/mol. The highest BCUT2D eigenvalue weighted by atomic mass is 35.5. The minimum absolute atomic E-state index is 0.0587. The SMILES string of the molecule is NS(=O)(=O)c1cccc(NC(=O)C2(Oc3cccc(F)c3Cl)C=Cc3ccccc3N2)c1. The summed E-state index contributed by atoms with van der Waals surface area (Å²) >= 11 is 6.05. The number of anilines is 2. The fraction of sp³-hybridized carbons (Fsp3) is 0.0455. The number of benzene rings is 3. The largest absolute Gasteiger partial charge is 0.453 e. The maximum atomic E-state index is 14.0. The van der Waals surface area contributed by atoms with Crippen LogP contribution in [0, 0.1) is 5.82 Å². The first-order valence-electron chi connectivity index (χ1n) is 9.32. The molecule has 10 heteroatoms. The van der Waals surface area contributed by atoms with Crippen LogP contribution in [0.1, 0.15) is 5.56 Å². The summed E-state index contributed by atoms with van der Waals surface area (Å²) in [6.45, 7) is 0. The molecule has 0 saturated heterocycles. The Morgan fingerprint density at radius 2 is 1.84 bits per heavy atom. The third-order valence-electron chi connectivity index (χ3n) is 4.72. The van der Waals surface area contributed by atoms with E-state index in [0.29, 0.717) is 5.69 Å². The molecule has 3 aromatic rings. The predicted molar refractivity (Wildman–Crippen MR) is 120 cm³/mol. The number of ether oxygens (including phenoxy) is 1. The van der Waals surface area contributed by atoms with Crippen LogP contribution in [0.25, 0.3) is 6.08 Å². The van der Waals surface area contributed by atoms with E-state index >= 15 is 0 Å². The van der Waals surface area contributed by atoms with Crippen molar-refractivity contribution in [2.24, 2.45) is 5.14 Å². The summed E-state index contributed by atoms with van der Waals surface area (Å²) in [5.41, 5.74) is -0.246. The molecule has 0 spiro atoms. The highest BCUT2D eigenvalue weighted by molar-refractivity contribution is 7.89. The molecule has 0 radical (unpaired) electrons. The molecule has 1 heterocycles. The van der Waals surface area contributed by atoms with Gasteiger partial charge in [-0.3, -0.25) is 4.79 Å². The topological polar surface area (TPSA) is 111 Å². The molecule has 1 aliphatic heterocycles. The number of nitrogens with one attached hydrogen (secondary N) is 2. The highest BCUT2D eigenvalue weighted by Crippen LogP contribution is 2.35. The summed E-state index contributed by atoms with van der Waals surface area (Å²) < 4.78 is 43.2. The van der Waals surface area contributed by atoms with Gasteiger partial charge in [-0.1, -0.05) is 48.0 Å². The Labute approximate surface area is 188 Å². The number of amides is 1. The normalized spacial score (nSPS) is 17.2. The zero-order valence-corrected chi connectivity index (χ0v) is 18.0. The van der Waals surface area contributed by atoms with Crippen LogP contribution in [0.5, 0.6) is 5.75 Å². The lowest BCUT2D eigenvalue weighted by Gasteiger charge is -2.35. The average Bonchev–Trinajstić information content (AvgIpc) is 2.76. The van der Waals surface area contributed by atoms with Crippen LogP contribution in [0.15, 0.2) is 77.7 Å². The van der Waals surface area contributed by atoms with Gasteiger partial charge in [0, 0.05) is 11.4 Å². The van der Waals surface area contributed by atoms with Gasteiger partial charge in [0.1, 0.15) is 16.6 Å². The molecule has 1 amide bonds. The van der Waals surface area contributed by atoms with Gasteiger partial charge in [-0.25, -0.2) is 17.9 Å². The molecule has 1 atom stereocenters. The van der Waals surface area contributed by atoms with Gasteiger partial charge in [0.05, 0.1) is 4.90 Å². The summed E-state index contributed by atoms with van der Waals surface area (Å²) in [6, 6.07) is 16.7. The molecule has 0 aromatic heterocycles. The van der Waals surface area contributed by atoms with Crippen molar-refractivity contribution in [2.75, 3.05) is 10.6 Å². The van der Waals surface area contributed by atoms with E-state index in [0.717, 1.165) is 5.56 Å². The molecule has 164 valence electrons. The van der Waals surface area contributed by atoms with Crippen molar-refractivity contribution in [2.45, 2.75) is 10.6 Å². The number of primary sulfonamides is 1. The number of nitrogens with two attached hydrogens (primary N) is 1. The van der Waals surface area contributed by atoms with Crippen LogP contribution in [0.3, 0.4) is 0 Å². The van der Waals surface area contributed by atoms with Crippen LogP contribution >= 0.6 is 11.6 Å². The van der Waals surface area contributed by atoms with E-state index in [1.54, 1.807) is 18.2 Å². The Kier molecular flexibility index (Phi) is 5.64. The number of carbonyl (C=O) groups excluding carboxylic acids is 1. The van der Waals surface area contributed by atoms with Crippen LogP contribution in [-0.4, -0.2) is 20.0 Å². The lowest BCUT2D eigenvalue weighted by Crippen LogP contribution is -2.54. The molecule has 1 unspecified atom stereocenters. The van der Waals surface area contributed by atoms with E-state index in [1.165, 1.54) is 48.5 Å². The Morgan fingerprint density at radius 1 is 1.09 bits per heavy atom. The summed E-state index contributed by atoms with van der Waals surface area (Å²) in [5.74, 6) is -1.47. The van der Waals surface area contributed by atoms with E-state index in [-0.39, 0.29) is 21.4 Å². The second kappa shape index (κ2) is 8.27. The number of para-hydroxylation sites is 1. The first-order valence-corrected chi connectivity index (χ1v) is 11.2. The standard InChI is InChI=1S/C22H17ClFN3O4S/c23-20-17(24)8-4-10-19(20)31-22(12-11-14-5-1-2-9-18(14)27-22)21(28)26-15-6-3-7-16(13-15)32(25,29)30/h1-13,27H,(H,26,28)(H2,25,29,30). The van der Waals surface area contributed by atoms with Crippen LogP contribution in [-0.2, 0) is 14.8 Å². The fourth-order valence-corrected chi connectivity index (χ4v) is 3.88. The summed E-state index contributed by atoms with van der Waals surface area (Å²) in [7, 11) is -3.97. The monoisotopic (exact) mass is 473 g/mol. The maximum absolute atomic E-state index is 14.0. The molecule has 7 nitrogen and oxygen atoms in total. The van der Waals surface area contributed by atoms with Gasteiger partial charge in [-0.2, -0.15) is 0 Å². The lowest BCUT2D eigenvalue weighted by molar-refractivity contribution is -0.125. The molecule has 0 saturated carbocycles. The number of halogens is 2. The average molecular weight is 474 g/mol. The smallest absolute Gasteiger partial charge is 0.294 e. The number of carbonyl (C=O) groups is 1. The van der Waals surface area contributed by atoms with Crippen LogP contribution < -0.4 is 20.5 Å². The Bertz CT molecular complexity index is 1350. The number of fused-ring (bicyclic) bond motifs is 1. The van der Waals surface area contributed by atoms with Gasteiger partial charge in [0.25, 0.3) is 11.6 Å². The zero-order valence-electron chi connectivity index (χ0n) is 16.4. The minimum atomic E-state index is -3.97. The number of hydrogen-bond acceptors (Lipinski definition) is 5. The molecule has 0 aliphatic carbocycles. The first-order chi connectivity index (χ1) is 15.2. The summed E-state index contributed by atoms with van der Waals surface area (Å²) in [4.78, 5) is 13.2. The Morgan fingerprint density at radius 3 is 2.62 bits per heavy atom. The van der Waals surface area contributed by atoms with Crippen molar-refractivity contribution in [1.82, 2.24) is 0 Å². The molecule has 4 N–H and O–H groups in total. The van der Waals surface area contributed by atoms with Crippen molar-refractivity contribution < 1.29 is 22.3 Å². The number of rotatable bonds is 5. The number of hydrogen-bond donors (Lipinski definition) is 3. The third-order valence-corrected chi connectivity index (χ3v) is 6.00. The molecule has 3 aromatic carbocycles. The van der Waals surface area contributed by atoms with Gasteiger partial charge in [0.2, 0.25) is 10.0 Å². The quantitative estimate of drug-likeness (QED) is 0.519. The van der Waals surface area contributed by atoms with E-state index in [1.807, 2.05) is 12.1 Å². The molecular formula is C22H17ClFN3O4S. The molecule has 32 heavy (non-hydrogen) atoms. The third kappa shape index (κ3) is 4.31. The second-order valence-corrected chi connectivity index (χ2v) is 8.90. The van der Waals surface area contributed by atoms with Gasteiger partial charge >= 0.3 is 0 Å². The zero-order chi connectivity index (χ0) is 22.9. The van der Waals surface area contributed by atoms with Crippen LogP contribution in [0.4, 0.5) is 15.8 Å². The summed E-state index contributed by atoms with van der Waals surface area (Å²) in [5, 5.41) is 10.5. The maximum Gasteiger partial charge on any atom is 0.294 e. The van der Waals surface area contributed by atoms with E-state index in [9.17, 15) is 17.6 Å². The van der Waals surface area contributed by atoms with E-state index in [4.69, 9.17) is 21.5 Å². The van der Waals surface area contributed by atoms with Crippen molar-refractivity contribution in [1.29, 1.82) is 0 Å². The molecule has 4 rings (SSSR count). The van der Waals surface area contributed by atoms with Gasteiger partial charge < -0.3 is 15.4 Å². The van der Waals surface area contributed by atoms with Crippen molar-refractivity contribution in [3.63, 3.8) is 0 Å². The number of sulfonamides is 1. The van der Waals surface area contributed by atoms with Gasteiger partial charge in [-0.15, -0.1) is 0 Å². The van der Waals surface area contributed by atoms with Crippen LogP contribution in [0.2, 0.25) is 5.02 Å². The van der Waals surface area contributed by atoms with E-state index < -0.39 is 27.5 Å². The molecule has 1 aliphatic rings. The molecule has 0 bridgehead atoms. The minimum Gasteiger partial charge on any atom is -0.453 e. The van der Waals surface area contributed by atoms with Gasteiger partial charge in [-0.05, 0) is 48.0 Å². The fourth-order valence-electron chi connectivity index (χ4n) is 3.15.